The molecule has 3 N–H and O–H groups in total. The van der Waals surface area contributed by atoms with E-state index in [1.54, 1.807) is 17.0 Å². The Morgan fingerprint density at radius 1 is 1.38 bits per heavy atom. The number of benzene rings is 1. The van der Waals surface area contributed by atoms with Crippen LogP contribution in [0.3, 0.4) is 0 Å². The zero-order chi connectivity index (χ0) is 21.0. The van der Waals surface area contributed by atoms with Crippen LogP contribution in [0.15, 0.2) is 18.2 Å². The predicted molar refractivity (Wildman–Crippen MR) is 105 cm³/mol. The van der Waals surface area contributed by atoms with Crippen LogP contribution in [0.25, 0.3) is 0 Å². The van der Waals surface area contributed by atoms with Gasteiger partial charge >= 0.3 is 6.09 Å². The van der Waals surface area contributed by atoms with E-state index in [9.17, 15) is 14.0 Å². The summed E-state index contributed by atoms with van der Waals surface area (Å²) in [5.41, 5.74) is 2.60. The predicted octanol–water partition coefficient (Wildman–Crippen LogP) is 0.604. The second-order valence-electron chi connectivity index (χ2n) is 6.53. The Labute approximate surface area is 172 Å². The van der Waals surface area contributed by atoms with Crippen molar-refractivity contribution in [3.05, 3.63) is 24.0 Å². The molecule has 10 nitrogen and oxygen atoms in total. The van der Waals surface area contributed by atoms with Crippen LogP contribution >= 0.6 is 12.2 Å². The highest BCUT2D eigenvalue weighted by Crippen LogP contribution is 2.28. The van der Waals surface area contributed by atoms with E-state index in [4.69, 9.17) is 27.0 Å². The summed E-state index contributed by atoms with van der Waals surface area (Å²) in [4.78, 5) is 31.7. The largest absolute Gasteiger partial charge is 0.442 e. The number of cyclic esters (lactones) is 1. The van der Waals surface area contributed by atoms with Crippen LogP contribution in [-0.2, 0) is 14.4 Å². The maximum Gasteiger partial charge on any atom is 0.414 e. The minimum absolute atomic E-state index is 0.0315. The van der Waals surface area contributed by atoms with Crippen molar-refractivity contribution in [3.8, 4) is 0 Å². The molecule has 1 aromatic rings. The molecule has 0 unspecified atom stereocenters. The Kier molecular flexibility index (Phi) is 6.67. The summed E-state index contributed by atoms with van der Waals surface area (Å²) in [5.74, 6) is -0.706. The van der Waals surface area contributed by atoms with Crippen LogP contribution in [0, 0.1) is 5.82 Å². The van der Waals surface area contributed by atoms with E-state index in [1.165, 1.54) is 23.0 Å². The number of thiocarbonyl (C=S) groups is 1. The molecular weight excluding hydrogens is 405 g/mol. The minimum Gasteiger partial charge on any atom is -0.442 e. The molecule has 0 saturated carbocycles. The van der Waals surface area contributed by atoms with Crippen molar-refractivity contribution in [2.45, 2.75) is 13.0 Å². The zero-order valence-corrected chi connectivity index (χ0v) is 16.6. The lowest BCUT2D eigenvalue weighted by atomic mass is 10.2. The Morgan fingerprint density at radius 2 is 2.17 bits per heavy atom. The standard InChI is InChI=1S/C17H22FN5O5S/c1-11(24)19-9-13-10-22(17(25)28-13)12-2-3-15(14(18)8-12)21-4-5-23(16(29)20-26)27-7-6-21/h2-3,8,13,26H,4-7,9-10H2,1H3,(H,19,24)(H,20,29)/t13-/m0/s1. The summed E-state index contributed by atoms with van der Waals surface area (Å²) < 4.78 is 20.0. The number of hydrogen-bond donors (Lipinski definition) is 3. The lowest BCUT2D eigenvalue weighted by Crippen LogP contribution is -2.39. The lowest BCUT2D eigenvalue weighted by Gasteiger charge is -2.24. The number of hydrogen-bond acceptors (Lipinski definition) is 7. The summed E-state index contributed by atoms with van der Waals surface area (Å²) in [6.07, 6.45) is -1.08. The van der Waals surface area contributed by atoms with Gasteiger partial charge in [-0.3, -0.25) is 19.7 Å². The van der Waals surface area contributed by atoms with Gasteiger partial charge in [-0.1, -0.05) is 0 Å². The van der Waals surface area contributed by atoms with Crippen LogP contribution in [0.1, 0.15) is 6.92 Å². The summed E-state index contributed by atoms with van der Waals surface area (Å²) >= 11 is 4.92. The van der Waals surface area contributed by atoms with Gasteiger partial charge in [0.2, 0.25) is 11.0 Å². The molecule has 2 fully saturated rings. The monoisotopic (exact) mass is 427 g/mol. The smallest absolute Gasteiger partial charge is 0.414 e. The van der Waals surface area contributed by atoms with Crippen molar-refractivity contribution in [3.63, 3.8) is 0 Å². The molecule has 2 heterocycles. The van der Waals surface area contributed by atoms with Crippen molar-refractivity contribution < 1.29 is 28.8 Å². The molecule has 1 aromatic carbocycles. The highest BCUT2D eigenvalue weighted by atomic mass is 32.1. The fourth-order valence-electron chi connectivity index (χ4n) is 3.12. The van der Waals surface area contributed by atoms with Crippen LogP contribution in [-0.4, -0.2) is 72.8 Å². The van der Waals surface area contributed by atoms with Gasteiger partial charge in [-0.15, -0.1) is 0 Å². The Morgan fingerprint density at radius 3 is 2.86 bits per heavy atom. The van der Waals surface area contributed by atoms with E-state index < -0.39 is 18.0 Å². The van der Waals surface area contributed by atoms with Crippen molar-refractivity contribution in [1.29, 1.82) is 0 Å². The van der Waals surface area contributed by atoms with E-state index in [-0.39, 0.29) is 30.7 Å². The average Bonchev–Trinajstić information content (AvgIpc) is 2.90. The van der Waals surface area contributed by atoms with Crippen LogP contribution in [0.2, 0.25) is 0 Å². The number of nitrogens with one attached hydrogen (secondary N) is 2. The molecule has 12 heteroatoms. The summed E-state index contributed by atoms with van der Waals surface area (Å²) in [6.45, 7) is 3.23. The van der Waals surface area contributed by atoms with E-state index >= 15 is 0 Å². The number of carbonyl (C=O) groups is 2. The number of ether oxygens (including phenoxy) is 1. The van der Waals surface area contributed by atoms with Crippen LogP contribution in [0.5, 0.6) is 0 Å². The number of halogens is 1. The highest BCUT2D eigenvalue weighted by molar-refractivity contribution is 7.80. The number of nitrogens with zero attached hydrogens (tertiary/aromatic N) is 3. The molecule has 0 spiro atoms. The molecular formula is C17H22FN5O5S. The number of amides is 2. The van der Waals surface area contributed by atoms with Gasteiger partial charge in [0.25, 0.3) is 0 Å². The van der Waals surface area contributed by atoms with Crippen molar-refractivity contribution >= 4 is 40.7 Å². The molecule has 2 aliphatic rings. The second-order valence-corrected chi connectivity index (χ2v) is 6.92. The van der Waals surface area contributed by atoms with Gasteiger partial charge in [0, 0.05) is 20.0 Å². The third kappa shape index (κ3) is 5.02. The number of anilines is 2. The van der Waals surface area contributed by atoms with Crippen molar-refractivity contribution in [2.75, 3.05) is 49.1 Å². The molecule has 2 aliphatic heterocycles. The van der Waals surface area contributed by atoms with Gasteiger partial charge in [-0.25, -0.2) is 19.7 Å². The van der Waals surface area contributed by atoms with Gasteiger partial charge in [0.05, 0.1) is 37.6 Å². The molecule has 0 aromatic heterocycles. The van der Waals surface area contributed by atoms with Gasteiger partial charge in [0.15, 0.2) is 0 Å². The maximum atomic E-state index is 14.8. The summed E-state index contributed by atoms with van der Waals surface area (Å²) in [6, 6.07) is 4.52. The first kappa shape index (κ1) is 21.0. The second kappa shape index (κ2) is 9.20. The van der Waals surface area contributed by atoms with E-state index in [0.717, 1.165) is 0 Å². The average molecular weight is 427 g/mol. The Balaban J connectivity index is 1.66. The fraction of sp³-hybridized carbons (Fsp3) is 0.471. The van der Waals surface area contributed by atoms with E-state index in [2.05, 4.69) is 5.32 Å². The lowest BCUT2D eigenvalue weighted by molar-refractivity contribution is -0.119. The first-order valence-electron chi connectivity index (χ1n) is 9.00. The molecule has 2 saturated heterocycles. The van der Waals surface area contributed by atoms with Gasteiger partial charge in [0.1, 0.15) is 11.9 Å². The number of carbonyl (C=O) groups excluding carboxylic acids is 2. The fourth-order valence-corrected chi connectivity index (χ4v) is 3.27. The van der Waals surface area contributed by atoms with Crippen LogP contribution < -0.4 is 20.6 Å². The molecule has 29 heavy (non-hydrogen) atoms. The molecule has 3 rings (SSSR count). The summed E-state index contributed by atoms with van der Waals surface area (Å²) in [7, 11) is 0. The number of hydroxylamine groups is 3. The van der Waals surface area contributed by atoms with Crippen molar-refractivity contribution in [1.82, 2.24) is 15.9 Å². The first-order chi connectivity index (χ1) is 13.9. The van der Waals surface area contributed by atoms with Gasteiger partial charge < -0.3 is 15.0 Å². The third-order valence-corrected chi connectivity index (χ3v) is 4.83. The highest BCUT2D eigenvalue weighted by Gasteiger charge is 2.33. The molecule has 0 bridgehead atoms. The molecule has 0 radical (unpaired) electrons. The maximum absolute atomic E-state index is 14.8. The zero-order valence-electron chi connectivity index (χ0n) is 15.8. The molecule has 1 atom stereocenters. The quantitative estimate of drug-likeness (QED) is 0.471. The normalized spacial score (nSPS) is 19.6. The molecule has 158 valence electrons. The molecule has 0 aliphatic carbocycles. The SMILES string of the molecule is CC(=O)NC[C@H]1CN(c2ccc(N3CCON(C(=S)NO)CC3)c(F)c2)C(=O)O1. The summed E-state index contributed by atoms with van der Waals surface area (Å²) in [5, 5.41) is 12.9. The third-order valence-electron chi connectivity index (χ3n) is 4.54. The number of rotatable bonds is 4. The van der Waals surface area contributed by atoms with E-state index in [0.29, 0.717) is 31.0 Å². The molecule has 2 amide bonds. The Bertz CT molecular complexity index is 797. The topological polar surface area (TPSA) is 107 Å². The minimum atomic E-state index is -0.587. The first-order valence-corrected chi connectivity index (χ1v) is 9.41. The van der Waals surface area contributed by atoms with Crippen LogP contribution in [0.4, 0.5) is 20.6 Å². The van der Waals surface area contributed by atoms with E-state index in [1.807, 2.05) is 5.48 Å². The Hall–Kier alpha value is -2.70. The van der Waals surface area contributed by atoms with Gasteiger partial charge in [-0.2, -0.15) is 0 Å². The van der Waals surface area contributed by atoms with Gasteiger partial charge in [-0.05, 0) is 30.4 Å². The van der Waals surface area contributed by atoms with Crippen molar-refractivity contribution in [2.24, 2.45) is 0 Å².